The lowest BCUT2D eigenvalue weighted by Gasteiger charge is -2.36. The van der Waals surface area contributed by atoms with Crippen molar-refractivity contribution in [2.24, 2.45) is 10.6 Å². The van der Waals surface area contributed by atoms with E-state index in [0.29, 0.717) is 30.7 Å². The van der Waals surface area contributed by atoms with Gasteiger partial charge in [-0.15, -0.1) is 0 Å². The molecule has 3 atom stereocenters. The molecule has 2 saturated heterocycles. The maximum atomic E-state index is 15.7. The first-order valence-electron chi connectivity index (χ1n) is 11.2. The van der Waals surface area contributed by atoms with Crippen LogP contribution in [0.4, 0.5) is 4.39 Å². The number of likely N-dealkylation sites (tertiary alicyclic amines) is 1. The molecule has 1 amide bonds. The Morgan fingerprint density at radius 1 is 1.21 bits per heavy atom. The minimum Gasteiger partial charge on any atom is -0.368 e. The van der Waals surface area contributed by atoms with Crippen LogP contribution >= 0.6 is 0 Å². The number of benzene rings is 2. The maximum Gasteiger partial charge on any atom is 0.276 e. The lowest BCUT2D eigenvalue weighted by Crippen LogP contribution is -2.54. The molecule has 1 spiro atoms. The fourth-order valence-electron chi connectivity index (χ4n) is 5.41. The molecule has 0 unspecified atom stereocenters. The molecule has 7 nitrogen and oxygen atoms in total. The third kappa shape index (κ3) is 3.97. The maximum absolute atomic E-state index is 15.7. The van der Waals surface area contributed by atoms with Gasteiger partial charge < -0.3 is 9.64 Å². The summed E-state index contributed by atoms with van der Waals surface area (Å²) in [6.45, 7) is 0.967. The number of nitrogens with two attached hydrogens (primary N) is 1. The van der Waals surface area contributed by atoms with Crippen molar-refractivity contribution in [3.05, 3.63) is 59.9 Å². The second kappa shape index (κ2) is 8.16. The summed E-state index contributed by atoms with van der Waals surface area (Å²) in [5.74, 6) is -0.507. The van der Waals surface area contributed by atoms with Gasteiger partial charge in [-0.1, -0.05) is 48.5 Å². The number of rotatable bonds is 6. The third-order valence-corrected chi connectivity index (χ3v) is 8.44. The van der Waals surface area contributed by atoms with Gasteiger partial charge in [0.15, 0.2) is 0 Å². The largest absolute Gasteiger partial charge is 0.368 e. The molecular formula is C24H28FN3O4S. The monoisotopic (exact) mass is 473 g/mol. The van der Waals surface area contributed by atoms with Gasteiger partial charge in [0.25, 0.3) is 16.1 Å². The van der Waals surface area contributed by atoms with E-state index in [1.807, 2.05) is 30.3 Å². The van der Waals surface area contributed by atoms with Crippen molar-refractivity contribution in [1.29, 1.82) is 0 Å². The summed E-state index contributed by atoms with van der Waals surface area (Å²) in [5.41, 5.74) is 1.33. The summed E-state index contributed by atoms with van der Waals surface area (Å²) in [6, 6.07) is 13.4. The molecule has 0 aromatic heterocycles. The Labute approximate surface area is 193 Å². The Morgan fingerprint density at radius 3 is 2.48 bits per heavy atom. The summed E-state index contributed by atoms with van der Waals surface area (Å²) in [6.07, 6.45) is 1.92. The first kappa shape index (κ1) is 22.5. The van der Waals surface area contributed by atoms with Crippen LogP contribution in [-0.2, 0) is 26.2 Å². The lowest BCUT2D eigenvalue weighted by atomic mass is 9.90. The van der Waals surface area contributed by atoms with E-state index in [-0.39, 0.29) is 23.6 Å². The van der Waals surface area contributed by atoms with E-state index in [2.05, 4.69) is 0 Å². The van der Waals surface area contributed by atoms with Gasteiger partial charge in [-0.3, -0.25) is 4.79 Å². The van der Waals surface area contributed by atoms with Crippen LogP contribution in [0.3, 0.4) is 0 Å². The molecule has 0 radical (unpaired) electrons. The fraction of sp³-hybridized carbons (Fsp3) is 0.458. The first-order chi connectivity index (χ1) is 15.7. The van der Waals surface area contributed by atoms with Crippen molar-refractivity contribution in [1.82, 2.24) is 9.21 Å². The minimum atomic E-state index is -3.99. The van der Waals surface area contributed by atoms with Crippen molar-refractivity contribution in [2.75, 3.05) is 20.2 Å². The van der Waals surface area contributed by atoms with Crippen molar-refractivity contribution in [3.8, 4) is 11.1 Å². The van der Waals surface area contributed by atoms with Crippen LogP contribution < -0.4 is 5.14 Å². The summed E-state index contributed by atoms with van der Waals surface area (Å²) in [7, 11) is -2.54. The molecule has 2 aromatic rings. The molecule has 2 heterocycles. The molecule has 2 aliphatic heterocycles. The van der Waals surface area contributed by atoms with Crippen LogP contribution in [0.15, 0.2) is 48.5 Å². The summed E-state index contributed by atoms with van der Waals surface area (Å²) in [5, 5.41) is 5.51. The normalized spacial score (nSPS) is 25.9. The number of amides is 1. The molecular weight excluding hydrogens is 445 g/mol. The number of likely N-dealkylation sites (N-methyl/N-ethyl adjacent to an activating group) is 1. The van der Waals surface area contributed by atoms with Gasteiger partial charge >= 0.3 is 0 Å². The minimum absolute atomic E-state index is 0.150. The molecule has 33 heavy (non-hydrogen) atoms. The van der Waals surface area contributed by atoms with Crippen molar-refractivity contribution < 1.29 is 22.3 Å². The molecule has 1 aliphatic carbocycles. The SMILES string of the molecule is CN([C@@H]1[C@H](Cc2cccc(-c3ccccc3)c2F)N(C(=O)[C@H]2CCO2)CC12CC2)S(N)(=O)=O. The number of carbonyl (C=O) groups is 1. The van der Waals surface area contributed by atoms with Gasteiger partial charge in [0.1, 0.15) is 11.9 Å². The highest BCUT2D eigenvalue weighted by molar-refractivity contribution is 7.86. The fourth-order valence-corrected chi connectivity index (χ4v) is 6.09. The second-order valence-corrected chi connectivity index (χ2v) is 11.0. The van der Waals surface area contributed by atoms with Gasteiger partial charge in [-0.25, -0.2) is 9.53 Å². The summed E-state index contributed by atoms with van der Waals surface area (Å²) < 4.78 is 46.9. The Morgan fingerprint density at radius 2 is 1.91 bits per heavy atom. The number of hydrogen-bond acceptors (Lipinski definition) is 4. The smallest absolute Gasteiger partial charge is 0.276 e. The predicted octanol–water partition coefficient (Wildman–Crippen LogP) is 2.32. The van der Waals surface area contributed by atoms with Crippen LogP contribution in [0, 0.1) is 11.2 Å². The highest BCUT2D eigenvalue weighted by Crippen LogP contribution is 2.57. The van der Waals surface area contributed by atoms with E-state index >= 15 is 4.39 Å². The Kier molecular flexibility index (Phi) is 5.55. The third-order valence-electron chi connectivity index (χ3n) is 7.41. The molecule has 1 saturated carbocycles. The van der Waals surface area contributed by atoms with Gasteiger partial charge in [0, 0.05) is 31.0 Å². The number of nitrogens with zero attached hydrogens (tertiary/aromatic N) is 2. The number of halogens is 1. The Balaban J connectivity index is 1.53. The Hall–Kier alpha value is -2.33. The molecule has 2 aromatic carbocycles. The van der Waals surface area contributed by atoms with Crippen molar-refractivity contribution in [3.63, 3.8) is 0 Å². The average molecular weight is 474 g/mol. The van der Waals surface area contributed by atoms with E-state index in [0.717, 1.165) is 18.4 Å². The van der Waals surface area contributed by atoms with Crippen LogP contribution in [-0.4, -0.2) is 61.9 Å². The van der Waals surface area contributed by atoms with Crippen LogP contribution in [0.2, 0.25) is 0 Å². The quantitative estimate of drug-likeness (QED) is 0.697. The predicted molar refractivity (Wildman–Crippen MR) is 122 cm³/mol. The molecule has 3 fully saturated rings. The van der Waals surface area contributed by atoms with Gasteiger partial charge in [-0.2, -0.15) is 12.7 Å². The zero-order valence-corrected chi connectivity index (χ0v) is 19.3. The van der Waals surface area contributed by atoms with E-state index in [1.165, 1.54) is 11.4 Å². The standard InChI is InChI=1S/C24H28FN3O4S/c1-27(33(26,30)31)22-19(28(15-24(22)11-12-24)23(29)20-10-13-32-20)14-17-8-5-9-18(21(17)25)16-6-3-2-4-7-16/h2-9,19-20,22H,10-15H2,1H3,(H2,26,30,31)/t19-,20+,22+/m0/s1. The zero-order valence-electron chi connectivity index (χ0n) is 18.5. The molecule has 5 rings (SSSR count). The Bertz CT molecular complexity index is 1170. The van der Waals surface area contributed by atoms with E-state index in [4.69, 9.17) is 9.88 Å². The number of hydrogen-bond donors (Lipinski definition) is 1. The van der Waals surface area contributed by atoms with Crippen molar-refractivity contribution >= 4 is 16.1 Å². The molecule has 0 bridgehead atoms. The highest BCUT2D eigenvalue weighted by atomic mass is 32.2. The number of ether oxygens (including phenoxy) is 1. The molecule has 9 heteroatoms. The van der Waals surface area contributed by atoms with E-state index < -0.39 is 28.4 Å². The lowest BCUT2D eigenvalue weighted by molar-refractivity contribution is -0.157. The van der Waals surface area contributed by atoms with Crippen LogP contribution in [0.25, 0.3) is 11.1 Å². The second-order valence-electron chi connectivity index (χ2n) is 9.40. The highest BCUT2D eigenvalue weighted by Gasteiger charge is 2.63. The summed E-state index contributed by atoms with van der Waals surface area (Å²) >= 11 is 0. The van der Waals surface area contributed by atoms with E-state index in [9.17, 15) is 13.2 Å². The molecule has 3 aliphatic rings. The van der Waals surface area contributed by atoms with Crippen LogP contribution in [0.1, 0.15) is 24.8 Å². The summed E-state index contributed by atoms with van der Waals surface area (Å²) in [4.78, 5) is 15.0. The zero-order chi connectivity index (χ0) is 23.4. The van der Waals surface area contributed by atoms with Gasteiger partial charge in [0.05, 0.1) is 18.7 Å². The topological polar surface area (TPSA) is 92.9 Å². The molecule has 176 valence electrons. The van der Waals surface area contributed by atoms with Crippen molar-refractivity contribution in [2.45, 2.75) is 43.9 Å². The average Bonchev–Trinajstić information content (AvgIpc) is 3.44. The van der Waals surface area contributed by atoms with Gasteiger partial charge in [0.2, 0.25) is 0 Å². The van der Waals surface area contributed by atoms with E-state index in [1.54, 1.807) is 23.1 Å². The first-order valence-corrected chi connectivity index (χ1v) is 12.7. The molecule has 2 N–H and O–H groups in total. The van der Waals surface area contributed by atoms with Crippen LogP contribution in [0.5, 0.6) is 0 Å². The number of carbonyl (C=O) groups excluding carboxylic acids is 1. The van der Waals surface area contributed by atoms with Gasteiger partial charge in [-0.05, 0) is 30.4 Å².